The Hall–Kier alpha value is -0.760. The quantitative estimate of drug-likeness (QED) is 0.561. The van der Waals surface area contributed by atoms with Crippen LogP contribution in [0.3, 0.4) is 0 Å². The van der Waals surface area contributed by atoms with E-state index in [0.29, 0.717) is 0 Å². The van der Waals surface area contributed by atoms with E-state index >= 15 is 0 Å². The number of allylic oxidation sites excluding steroid dienone is 3. The number of nitrogens with zero attached hydrogens (tertiary/aromatic N) is 1. The van der Waals surface area contributed by atoms with Crippen LogP contribution in [0.1, 0.15) is 6.92 Å². The van der Waals surface area contributed by atoms with Crippen LogP contribution in [0.5, 0.6) is 0 Å². The van der Waals surface area contributed by atoms with Crippen molar-refractivity contribution in [2.45, 2.75) is 6.92 Å². The van der Waals surface area contributed by atoms with Crippen molar-refractivity contribution in [3.05, 3.63) is 35.2 Å². The normalized spacial score (nSPS) is 24.5. The van der Waals surface area contributed by atoms with E-state index in [1.807, 2.05) is 24.5 Å². The van der Waals surface area contributed by atoms with Crippen LogP contribution in [0.4, 0.5) is 0 Å². The molecule has 0 aromatic rings. The van der Waals surface area contributed by atoms with Gasteiger partial charge in [0.25, 0.3) is 0 Å². The molecule has 0 aliphatic carbocycles. The number of hydrogen-bond acceptors (Lipinski definition) is 2. The van der Waals surface area contributed by atoms with Crippen LogP contribution >= 0.6 is 11.8 Å². The van der Waals surface area contributed by atoms with Gasteiger partial charge >= 0.3 is 0 Å². The highest BCUT2D eigenvalue weighted by molar-refractivity contribution is 8.07. The molecule has 0 amide bonds. The van der Waals surface area contributed by atoms with Gasteiger partial charge in [0.15, 0.2) is 0 Å². The summed E-state index contributed by atoms with van der Waals surface area (Å²) in [5.74, 6) is 0. The lowest BCUT2D eigenvalue weighted by Crippen LogP contribution is -1.87. The zero-order valence-electron chi connectivity index (χ0n) is 5.87. The lowest BCUT2D eigenvalue weighted by Gasteiger charge is -1.92. The Balaban J connectivity index is 2.86. The standard InChI is InChI=1S/C8H9NS/c1-3-8-7(9-4-2)5-6-10-8/h3-6H,2H2,1H3/b8-3+,9-7?. The minimum atomic E-state index is 1.02. The topological polar surface area (TPSA) is 12.4 Å². The molecule has 2 heteroatoms. The number of rotatable bonds is 1. The summed E-state index contributed by atoms with van der Waals surface area (Å²) in [6, 6.07) is 0. The molecule has 0 atom stereocenters. The molecule has 1 nitrogen and oxygen atoms in total. The van der Waals surface area contributed by atoms with Crippen LogP contribution in [0, 0.1) is 0 Å². The van der Waals surface area contributed by atoms with Crippen molar-refractivity contribution >= 4 is 17.5 Å². The van der Waals surface area contributed by atoms with Crippen LogP contribution in [0.25, 0.3) is 0 Å². The van der Waals surface area contributed by atoms with Crippen molar-refractivity contribution in [2.75, 3.05) is 0 Å². The Kier molecular flexibility index (Phi) is 2.51. The minimum Gasteiger partial charge on any atom is -0.256 e. The molecule has 0 N–H and O–H groups in total. The summed E-state index contributed by atoms with van der Waals surface area (Å²) in [7, 11) is 0. The van der Waals surface area contributed by atoms with Crippen LogP contribution in [-0.2, 0) is 0 Å². The number of thioether (sulfide) groups is 1. The molecule has 1 aliphatic rings. The Labute approximate surface area is 65.2 Å². The van der Waals surface area contributed by atoms with Crippen LogP contribution in [0.15, 0.2) is 40.2 Å². The van der Waals surface area contributed by atoms with Gasteiger partial charge in [-0.15, -0.1) is 0 Å². The van der Waals surface area contributed by atoms with Gasteiger partial charge in [0.1, 0.15) is 0 Å². The molecule has 0 bridgehead atoms. The Morgan fingerprint density at radius 2 is 2.50 bits per heavy atom. The van der Waals surface area contributed by atoms with Crippen molar-refractivity contribution in [1.29, 1.82) is 0 Å². The van der Waals surface area contributed by atoms with E-state index in [1.165, 1.54) is 4.91 Å². The van der Waals surface area contributed by atoms with Gasteiger partial charge in [0.05, 0.1) is 5.71 Å². The molecule has 0 spiro atoms. The fourth-order valence-corrected chi connectivity index (χ4v) is 1.46. The average molecular weight is 151 g/mol. The highest BCUT2D eigenvalue weighted by atomic mass is 32.2. The molecule has 0 unspecified atom stereocenters. The zero-order chi connectivity index (χ0) is 7.40. The summed E-state index contributed by atoms with van der Waals surface area (Å²) in [5.41, 5.74) is 1.02. The molecule has 10 heavy (non-hydrogen) atoms. The molecule has 0 aromatic carbocycles. The van der Waals surface area contributed by atoms with Gasteiger partial charge in [-0.3, -0.25) is 4.99 Å². The molecule has 52 valence electrons. The van der Waals surface area contributed by atoms with Crippen molar-refractivity contribution < 1.29 is 0 Å². The number of hydrogen-bond donors (Lipinski definition) is 0. The average Bonchev–Trinajstić information content (AvgIpc) is 2.36. The van der Waals surface area contributed by atoms with Crippen molar-refractivity contribution in [1.82, 2.24) is 0 Å². The number of aliphatic imine (C=N–C) groups is 1. The summed E-state index contributed by atoms with van der Waals surface area (Å²) in [6.45, 7) is 5.54. The molecule has 0 saturated carbocycles. The second kappa shape index (κ2) is 3.42. The van der Waals surface area contributed by atoms with Gasteiger partial charge in [-0.05, 0) is 18.4 Å². The predicted molar refractivity (Wildman–Crippen MR) is 48.1 cm³/mol. The van der Waals surface area contributed by atoms with Crippen LogP contribution in [-0.4, -0.2) is 5.71 Å². The highest BCUT2D eigenvalue weighted by Gasteiger charge is 2.06. The first-order valence-corrected chi connectivity index (χ1v) is 3.95. The largest absolute Gasteiger partial charge is 0.256 e. The Morgan fingerprint density at radius 3 is 3.10 bits per heavy atom. The van der Waals surface area contributed by atoms with E-state index in [-0.39, 0.29) is 0 Å². The van der Waals surface area contributed by atoms with Gasteiger partial charge < -0.3 is 0 Å². The second-order valence-electron chi connectivity index (χ2n) is 1.77. The molecular weight excluding hydrogens is 142 g/mol. The van der Waals surface area contributed by atoms with Crippen molar-refractivity contribution in [2.24, 2.45) is 4.99 Å². The minimum absolute atomic E-state index is 1.02. The molecule has 1 heterocycles. The maximum atomic E-state index is 4.08. The Bertz CT molecular complexity index is 223. The maximum absolute atomic E-state index is 4.08. The molecule has 0 fully saturated rings. The van der Waals surface area contributed by atoms with Crippen molar-refractivity contribution in [3.8, 4) is 0 Å². The summed E-state index contributed by atoms with van der Waals surface area (Å²) < 4.78 is 0. The highest BCUT2D eigenvalue weighted by Crippen LogP contribution is 2.25. The van der Waals surface area contributed by atoms with Gasteiger partial charge in [0.2, 0.25) is 0 Å². The second-order valence-corrected chi connectivity index (χ2v) is 2.72. The first-order valence-electron chi connectivity index (χ1n) is 3.07. The third-order valence-electron chi connectivity index (χ3n) is 1.17. The van der Waals surface area contributed by atoms with E-state index in [1.54, 1.807) is 18.0 Å². The lowest BCUT2D eigenvalue weighted by atomic mass is 10.3. The first-order chi connectivity index (χ1) is 4.88. The molecule has 0 saturated heterocycles. The van der Waals surface area contributed by atoms with Crippen LogP contribution in [0.2, 0.25) is 0 Å². The van der Waals surface area contributed by atoms with Gasteiger partial charge in [-0.2, -0.15) is 0 Å². The zero-order valence-corrected chi connectivity index (χ0v) is 6.69. The summed E-state index contributed by atoms with van der Waals surface area (Å²) in [6.07, 6.45) is 5.60. The monoisotopic (exact) mass is 151 g/mol. The van der Waals surface area contributed by atoms with E-state index in [9.17, 15) is 0 Å². The molecular formula is C8H9NS. The van der Waals surface area contributed by atoms with Gasteiger partial charge in [-0.25, -0.2) is 0 Å². The third-order valence-corrected chi connectivity index (χ3v) is 2.14. The Morgan fingerprint density at radius 1 is 1.70 bits per heavy atom. The SMILES string of the molecule is C=CN=C1C=CS/C1=C/C. The third kappa shape index (κ3) is 1.39. The van der Waals surface area contributed by atoms with Gasteiger partial charge in [0, 0.05) is 11.1 Å². The molecule has 0 aromatic heterocycles. The molecule has 0 radical (unpaired) electrons. The van der Waals surface area contributed by atoms with Crippen molar-refractivity contribution in [3.63, 3.8) is 0 Å². The smallest absolute Gasteiger partial charge is 0.0770 e. The predicted octanol–water partition coefficient (Wildman–Crippen LogP) is 2.74. The van der Waals surface area contributed by atoms with E-state index < -0.39 is 0 Å². The fraction of sp³-hybridized carbons (Fsp3) is 0.125. The lowest BCUT2D eigenvalue weighted by molar-refractivity contribution is 1.58. The van der Waals surface area contributed by atoms with Crippen LogP contribution < -0.4 is 0 Å². The first kappa shape index (κ1) is 7.35. The summed E-state index contributed by atoms with van der Waals surface area (Å²) in [4.78, 5) is 5.29. The maximum Gasteiger partial charge on any atom is 0.0770 e. The van der Waals surface area contributed by atoms with E-state index in [4.69, 9.17) is 0 Å². The van der Waals surface area contributed by atoms with E-state index in [2.05, 4.69) is 11.6 Å². The fourth-order valence-electron chi connectivity index (χ4n) is 0.735. The molecule has 1 aliphatic heterocycles. The summed E-state index contributed by atoms with van der Waals surface area (Å²) in [5, 5.41) is 2.03. The molecule has 1 rings (SSSR count). The summed E-state index contributed by atoms with van der Waals surface area (Å²) >= 11 is 1.69. The van der Waals surface area contributed by atoms with E-state index in [0.717, 1.165) is 5.71 Å². The van der Waals surface area contributed by atoms with Gasteiger partial charge in [-0.1, -0.05) is 24.4 Å².